The van der Waals surface area contributed by atoms with E-state index in [-0.39, 0.29) is 11.4 Å². The van der Waals surface area contributed by atoms with Crippen LogP contribution in [0.2, 0.25) is 10.0 Å². The van der Waals surface area contributed by atoms with Crippen LogP contribution in [0.5, 0.6) is 11.5 Å². The molecule has 0 spiro atoms. The van der Waals surface area contributed by atoms with Gasteiger partial charge in [0, 0.05) is 21.7 Å². The average Bonchev–Trinajstić information content (AvgIpc) is 2.73. The number of methoxy groups -OCH3 is 2. The molecule has 3 aromatic rings. The molecule has 0 aliphatic carbocycles. The summed E-state index contributed by atoms with van der Waals surface area (Å²) < 4.78 is 39.1. The molecule has 0 saturated carbocycles. The van der Waals surface area contributed by atoms with Crippen molar-refractivity contribution >= 4 is 38.9 Å². The van der Waals surface area contributed by atoms with Crippen molar-refractivity contribution < 1.29 is 17.9 Å². The van der Waals surface area contributed by atoms with Crippen LogP contribution in [0.4, 0.5) is 5.69 Å². The second kappa shape index (κ2) is 8.95. The Labute approximate surface area is 180 Å². The van der Waals surface area contributed by atoms with Gasteiger partial charge >= 0.3 is 0 Å². The van der Waals surface area contributed by atoms with Crippen molar-refractivity contribution in [1.82, 2.24) is 0 Å². The Morgan fingerprint density at radius 3 is 2.10 bits per heavy atom. The molecule has 0 N–H and O–H groups in total. The molecular weight excluding hydrogens is 433 g/mol. The fourth-order valence-corrected chi connectivity index (χ4v) is 4.81. The molecule has 0 aromatic heterocycles. The van der Waals surface area contributed by atoms with Gasteiger partial charge in [0.15, 0.2) is 0 Å². The van der Waals surface area contributed by atoms with Crippen molar-refractivity contribution in [2.75, 3.05) is 18.5 Å². The number of benzene rings is 3. The molecule has 0 aliphatic heterocycles. The van der Waals surface area contributed by atoms with Crippen LogP contribution in [-0.2, 0) is 16.6 Å². The van der Waals surface area contributed by atoms with Crippen molar-refractivity contribution in [2.45, 2.75) is 11.4 Å². The van der Waals surface area contributed by atoms with E-state index in [0.29, 0.717) is 32.8 Å². The van der Waals surface area contributed by atoms with Crippen molar-refractivity contribution in [3.8, 4) is 11.5 Å². The largest absolute Gasteiger partial charge is 0.497 e. The number of rotatable bonds is 7. The fraction of sp³-hybridized carbons (Fsp3) is 0.143. The normalized spacial score (nSPS) is 11.2. The molecule has 0 bridgehead atoms. The van der Waals surface area contributed by atoms with Gasteiger partial charge < -0.3 is 9.47 Å². The van der Waals surface area contributed by atoms with Gasteiger partial charge in [-0.2, -0.15) is 0 Å². The molecule has 5 nitrogen and oxygen atoms in total. The number of hydrogen-bond acceptors (Lipinski definition) is 4. The van der Waals surface area contributed by atoms with Crippen LogP contribution in [0, 0.1) is 0 Å². The number of ether oxygens (including phenoxy) is 2. The first-order valence-corrected chi connectivity index (χ1v) is 10.8. The molecule has 0 saturated heterocycles. The van der Waals surface area contributed by atoms with Crippen LogP contribution >= 0.6 is 23.2 Å². The van der Waals surface area contributed by atoms with E-state index in [1.165, 1.54) is 30.7 Å². The molecule has 152 valence electrons. The average molecular weight is 452 g/mol. The fourth-order valence-electron chi connectivity index (χ4n) is 2.84. The predicted octanol–water partition coefficient (Wildman–Crippen LogP) is 5.41. The maximum atomic E-state index is 13.6. The van der Waals surface area contributed by atoms with E-state index in [0.717, 1.165) is 0 Å². The van der Waals surface area contributed by atoms with Gasteiger partial charge in [0.2, 0.25) is 0 Å². The summed E-state index contributed by atoms with van der Waals surface area (Å²) >= 11 is 12.7. The van der Waals surface area contributed by atoms with Crippen molar-refractivity contribution in [2.24, 2.45) is 0 Å². The Morgan fingerprint density at radius 1 is 0.862 bits per heavy atom. The summed E-state index contributed by atoms with van der Waals surface area (Å²) in [5.74, 6) is 0.854. The highest BCUT2D eigenvalue weighted by Gasteiger charge is 2.29. The van der Waals surface area contributed by atoms with Gasteiger partial charge in [0.05, 0.1) is 31.3 Å². The summed E-state index contributed by atoms with van der Waals surface area (Å²) in [5.41, 5.74) is 0.798. The van der Waals surface area contributed by atoms with Gasteiger partial charge in [-0.3, -0.25) is 4.31 Å². The summed E-state index contributed by atoms with van der Waals surface area (Å²) in [6, 6.07) is 18.1. The first kappa shape index (κ1) is 21.3. The van der Waals surface area contributed by atoms with E-state index >= 15 is 0 Å². The summed E-state index contributed by atoms with van der Waals surface area (Å²) in [5, 5.41) is 0.736. The van der Waals surface area contributed by atoms with Crippen LogP contribution in [0.15, 0.2) is 71.6 Å². The molecule has 0 heterocycles. The molecule has 0 amide bonds. The number of nitrogens with zero attached hydrogens (tertiary/aromatic N) is 1. The lowest BCUT2D eigenvalue weighted by molar-refractivity contribution is 0.403. The number of anilines is 1. The van der Waals surface area contributed by atoms with Gasteiger partial charge in [-0.1, -0.05) is 47.5 Å². The van der Waals surface area contributed by atoms with Crippen molar-refractivity contribution in [3.05, 3.63) is 82.3 Å². The standard InChI is InChI=1S/C21H19Cl2NO4S/c1-27-15-11-12-21(28-2)20(13-15)24(14-17-18(22)9-6-10-19(17)23)29(25,26)16-7-4-3-5-8-16/h3-13H,14H2,1-2H3. The Kier molecular flexibility index (Phi) is 6.57. The Morgan fingerprint density at radius 2 is 1.52 bits per heavy atom. The zero-order valence-corrected chi connectivity index (χ0v) is 18.1. The third-order valence-electron chi connectivity index (χ3n) is 4.35. The smallest absolute Gasteiger partial charge is 0.264 e. The highest BCUT2D eigenvalue weighted by molar-refractivity contribution is 7.92. The van der Waals surface area contributed by atoms with E-state index in [1.807, 2.05) is 0 Å². The van der Waals surface area contributed by atoms with Gasteiger partial charge in [-0.05, 0) is 36.4 Å². The molecule has 0 unspecified atom stereocenters. The number of halogens is 2. The summed E-state index contributed by atoms with van der Waals surface area (Å²) in [4.78, 5) is 0.132. The Bertz CT molecular complexity index is 1080. The minimum Gasteiger partial charge on any atom is -0.497 e. The molecule has 0 aliphatic rings. The maximum absolute atomic E-state index is 13.6. The quantitative estimate of drug-likeness (QED) is 0.481. The van der Waals surface area contributed by atoms with Gasteiger partial charge in [0.1, 0.15) is 11.5 Å². The zero-order chi connectivity index (χ0) is 21.0. The summed E-state index contributed by atoms with van der Waals surface area (Å²) in [7, 11) is -0.983. The molecular formula is C21H19Cl2NO4S. The summed E-state index contributed by atoms with van der Waals surface area (Å²) in [6.07, 6.45) is 0. The van der Waals surface area contributed by atoms with Crippen LogP contribution < -0.4 is 13.8 Å². The van der Waals surface area contributed by atoms with Gasteiger partial charge in [-0.25, -0.2) is 8.42 Å². The highest BCUT2D eigenvalue weighted by Crippen LogP contribution is 2.38. The predicted molar refractivity (Wildman–Crippen MR) is 116 cm³/mol. The van der Waals surface area contributed by atoms with Crippen molar-refractivity contribution in [1.29, 1.82) is 0 Å². The topological polar surface area (TPSA) is 55.8 Å². The van der Waals surface area contributed by atoms with Crippen molar-refractivity contribution in [3.63, 3.8) is 0 Å². The monoisotopic (exact) mass is 451 g/mol. The van der Waals surface area contributed by atoms with E-state index in [4.69, 9.17) is 32.7 Å². The van der Waals surface area contributed by atoms with Crippen LogP contribution in [0.1, 0.15) is 5.56 Å². The SMILES string of the molecule is COc1ccc(OC)c(N(Cc2c(Cl)cccc2Cl)S(=O)(=O)c2ccccc2)c1. The second-order valence-electron chi connectivity index (χ2n) is 6.06. The third kappa shape index (κ3) is 4.45. The molecule has 8 heteroatoms. The molecule has 3 rings (SSSR count). The molecule has 0 fully saturated rings. The minimum atomic E-state index is -3.96. The van der Waals surface area contributed by atoms with E-state index in [9.17, 15) is 8.42 Å². The molecule has 3 aromatic carbocycles. The van der Waals surface area contributed by atoms with Crippen LogP contribution in [-0.4, -0.2) is 22.6 Å². The van der Waals surface area contributed by atoms with E-state index < -0.39 is 10.0 Å². The second-order valence-corrected chi connectivity index (χ2v) is 8.74. The molecule has 0 atom stereocenters. The highest BCUT2D eigenvalue weighted by atomic mass is 35.5. The van der Waals surface area contributed by atoms with E-state index in [1.54, 1.807) is 54.6 Å². The van der Waals surface area contributed by atoms with E-state index in [2.05, 4.69) is 0 Å². The zero-order valence-electron chi connectivity index (χ0n) is 15.8. The lowest BCUT2D eigenvalue weighted by atomic mass is 10.2. The van der Waals surface area contributed by atoms with Crippen LogP contribution in [0.25, 0.3) is 0 Å². The molecule has 29 heavy (non-hydrogen) atoms. The van der Waals surface area contributed by atoms with Gasteiger partial charge in [-0.15, -0.1) is 0 Å². The molecule has 0 radical (unpaired) electrons. The lowest BCUT2D eigenvalue weighted by Crippen LogP contribution is -2.31. The number of hydrogen-bond donors (Lipinski definition) is 0. The van der Waals surface area contributed by atoms with Gasteiger partial charge in [0.25, 0.3) is 10.0 Å². The third-order valence-corrected chi connectivity index (χ3v) is 6.83. The first-order chi connectivity index (χ1) is 13.9. The Hall–Kier alpha value is -2.41. The minimum absolute atomic E-state index is 0.0841. The number of sulfonamides is 1. The maximum Gasteiger partial charge on any atom is 0.264 e. The Balaban J connectivity index is 2.23. The summed E-state index contributed by atoms with van der Waals surface area (Å²) in [6.45, 7) is -0.0841. The first-order valence-electron chi connectivity index (χ1n) is 8.61. The lowest BCUT2D eigenvalue weighted by Gasteiger charge is -2.27. The van der Waals surface area contributed by atoms with Crippen LogP contribution in [0.3, 0.4) is 0 Å².